The second kappa shape index (κ2) is 5.67. The van der Waals surface area contributed by atoms with Crippen molar-refractivity contribution < 1.29 is 13.0 Å². The quantitative estimate of drug-likeness (QED) is 0.882. The van der Waals surface area contributed by atoms with Gasteiger partial charge in [0.15, 0.2) is 0 Å². The Bertz CT molecular complexity index is 649. The van der Waals surface area contributed by atoms with Crippen LogP contribution in [0.15, 0.2) is 41.3 Å². The zero-order chi connectivity index (χ0) is 14.0. The van der Waals surface area contributed by atoms with Gasteiger partial charge in [-0.1, -0.05) is 17.7 Å². The Labute approximate surface area is 116 Å². The van der Waals surface area contributed by atoms with E-state index < -0.39 is 22.4 Å². The molecule has 0 saturated heterocycles. The fraction of sp³-hybridized carbons (Fsp3) is 0.0769. The average Bonchev–Trinajstić information content (AvgIpc) is 2.32. The topological polar surface area (TPSA) is 43.1 Å². The van der Waals surface area contributed by atoms with Crippen molar-refractivity contribution >= 4 is 28.1 Å². The third kappa shape index (κ3) is 3.30. The number of rotatable bonds is 3. The highest BCUT2D eigenvalue weighted by Crippen LogP contribution is 2.22. The maximum Gasteiger partial charge on any atom is 0.128 e. The van der Waals surface area contributed by atoms with E-state index in [0.717, 1.165) is 12.1 Å². The molecule has 2 nitrogen and oxygen atoms in total. The first kappa shape index (κ1) is 14.0. The molecule has 0 radical (unpaired) electrons. The summed E-state index contributed by atoms with van der Waals surface area (Å²) >= 11 is 5.64. The van der Waals surface area contributed by atoms with Crippen molar-refractivity contribution in [3.05, 3.63) is 58.6 Å². The lowest BCUT2D eigenvalue weighted by Crippen LogP contribution is -2.03. The first-order chi connectivity index (χ1) is 8.97. The molecule has 0 aromatic heterocycles. The fourth-order valence-electron chi connectivity index (χ4n) is 1.58. The predicted octanol–water partition coefficient (Wildman–Crippen LogP) is 3.51. The molecule has 0 fully saturated rings. The molecule has 2 rings (SSSR count). The van der Waals surface area contributed by atoms with E-state index in [9.17, 15) is 13.0 Å². The molecule has 0 spiro atoms. The minimum atomic E-state index is -1.55. The second-order valence-corrected chi connectivity index (χ2v) is 5.76. The van der Waals surface area contributed by atoms with Gasteiger partial charge in [0.1, 0.15) is 11.6 Å². The molecular weight excluding hydrogens is 292 g/mol. The van der Waals surface area contributed by atoms with Crippen molar-refractivity contribution in [2.24, 2.45) is 0 Å². The summed E-state index contributed by atoms with van der Waals surface area (Å²) in [5.41, 5.74) is 5.95. The largest absolute Gasteiger partial charge is 0.398 e. The molecule has 0 saturated carbocycles. The van der Waals surface area contributed by atoms with Crippen LogP contribution in [0.3, 0.4) is 0 Å². The van der Waals surface area contributed by atoms with Gasteiger partial charge in [0.2, 0.25) is 0 Å². The monoisotopic (exact) mass is 301 g/mol. The van der Waals surface area contributed by atoms with Crippen molar-refractivity contribution in [2.75, 3.05) is 5.73 Å². The molecule has 19 heavy (non-hydrogen) atoms. The molecule has 100 valence electrons. The Kier molecular flexibility index (Phi) is 4.17. The minimum Gasteiger partial charge on any atom is -0.398 e. The molecule has 0 amide bonds. The summed E-state index contributed by atoms with van der Waals surface area (Å²) in [4.78, 5) is 0.288. The fourth-order valence-corrected chi connectivity index (χ4v) is 2.96. The summed E-state index contributed by atoms with van der Waals surface area (Å²) in [5.74, 6) is -1.07. The van der Waals surface area contributed by atoms with Crippen molar-refractivity contribution in [3.63, 3.8) is 0 Å². The van der Waals surface area contributed by atoms with E-state index in [0.29, 0.717) is 0 Å². The van der Waals surface area contributed by atoms with Gasteiger partial charge in [0.25, 0.3) is 0 Å². The molecule has 0 aliphatic heterocycles. The first-order valence-corrected chi connectivity index (χ1v) is 7.04. The number of anilines is 1. The summed E-state index contributed by atoms with van der Waals surface area (Å²) in [6.45, 7) is 0. The lowest BCUT2D eigenvalue weighted by Gasteiger charge is -2.07. The van der Waals surface area contributed by atoms with Gasteiger partial charge in [-0.05, 0) is 30.3 Å². The standard InChI is InChI=1S/C13H10ClF2NOS/c14-9-2-1-8(11(16)5-9)7-19(18)13-4-3-10(15)6-12(13)17/h1-6H,7,17H2. The normalized spacial score (nSPS) is 12.4. The number of nitrogens with two attached hydrogens (primary N) is 1. The smallest absolute Gasteiger partial charge is 0.128 e. The van der Waals surface area contributed by atoms with Gasteiger partial charge in [-0.15, -0.1) is 0 Å². The van der Waals surface area contributed by atoms with Gasteiger partial charge in [-0.25, -0.2) is 8.78 Å². The molecule has 6 heteroatoms. The minimum absolute atomic E-state index is 0.0428. The summed E-state index contributed by atoms with van der Waals surface area (Å²) < 4.78 is 38.6. The van der Waals surface area contributed by atoms with Crippen LogP contribution in [0.5, 0.6) is 0 Å². The van der Waals surface area contributed by atoms with Gasteiger partial charge in [-0.2, -0.15) is 0 Å². The molecule has 2 aromatic rings. The lowest BCUT2D eigenvalue weighted by molar-refractivity contribution is 0.615. The van der Waals surface area contributed by atoms with Crippen LogP contribution in [-0.2, 0) is 16.6 Å². The highest BCUT2D eigenvalue weighted by Gasteiger charge is 2.12. The van der Waals surface area contributed by atoms with Crippen molar-refractivity contribution in [1.82, 2.24) is 0 Å². The van der Waals surface area contributed by atoms with Crippen LogP contribution in [0.1, 0.15) is 5.56 Å². The van der Waals surface area contributed by atoms with Gasteiger partial charge in [0.05, 0.1) is 27.1 Å². The Morgan fingerprint density at radius 3 is 2.53 bits per heavy atom. The Morgan fingerprint density at radius 1 is 1.16 bits per heavy atom. The number of nitrogen functional groups attached to an aromatic ring is 1. The van der Waals surface area contributed by atoms with E-state index in [-0.39, 0.29) is 26.9 Å². The van der Waals surface area contributed by atoms with Crippen molar-refractivity contribution in [3.8, 4) is 0 Å². The number of hydrogen-bond donors (Lipinski definition) is 1. The zero-order valence-corrected chi connectivity index (χ0v) is 11.3. The second-order valence-electron chi connectivity index (χ2n) is 3.91. The highest BCUT2D eigenvalue weighted by molar-refractivity contribution is 7.84. The van der Waals surface area contributed by atoms with E-state index in [1.807, 2.05) is 0 Å². The molecule has 2 N–H and O–H groups in total. The Morgan fingerprint density at radius 2 is 1.89 bits per heavy atom. The Balaban J connectivity index is 2.25. The third-order valence-corrected chi connectivity index (χ3v) is 4.19. The SMILES string of the molecule is Nc1cc(F)ccc1S(=O)Cc1ccc(Cl)cc1F. The summed E-state index contributed by atoms with van der Waals surface area (Å²) in [7, 11) is -1.55. The molecular formula is C13H10ClF2NOS. The van der Waals surface area contributed by atoms with Crippen LogP contribution in [-0.4, -0.2) is 4.21 Å². The molecule has 1 unspecified atom stereocenters. The summed E-state index contributed by atoms with van der Waals surface area (Å²) in [6, 6.07) is 7.74. The van der Waals surface area contributed by atoms with E-state index in [4.69, 9.17) is 17.3 Å². The van der Waals surface area contributed by atoms with E-state index >= 15 is 0 Å². The summed E-state index contributed by atoms with van der Waals surface area (Å²) in [5, 5.41) is 0.272. The van der Waals surface area contributed by atoms with Crippen LogP contribution in [0.25, 0.3) is 0 Å². The third-order valence-electron chi connectivity index (χ3n) is 2.52. The maximum atomic E-state index is 13.6. The number of hydrogen-bond acceptors (Lipinski definition) is 2. The van der Waals surface area contributed by atoms with Crippen LogP contribution in [0.2, 0.25) is 5.02 Å². The molecule has 0 aliphatic carbocycles. The number of benzene rings is 2. The lowest BCUT2D eigenvalue weighted by atomic mass is 10.2. The van der Waals surface area contributed by atoms with E-state index in [2.05, 4.69) is 0 Å². The molecule has 0 heterocycles. The van der Waals surface area contributed by atoms with Gasteiger partial charge >= 0.3 is 0 Å². The van der Waals surface area contributed by atoms with Gasteiger partial charge in [-0.3, -0.25) is 4.21 Å². The predicted molar refractivity (Wildman–Crippen MR) is 72.3 cm³/mol. The van der Waals surface area contributed by atoms with Gasteiger partial charge in [0, 0.05) is 10.6 Å². The van der Waals surface area contributed by atoms with Crippen LogP contribution < -0.4 is 5.73 Å². The Hall–Kier alpha value is -1.46. The van der Waals surface area contributed by atoms with E-state index in [1.54, 1.807) is 0 Å². The highest BCUT2D eigenvalue weighted by atomic mass is 35.5. The summed E-state index contributed by atoms with van der Waals surface area (Å²) in [6.07, 6.45) is 0. The molecule has 0 bridgehead atoms. The number of halogens is 3. The van der Waals surface area contributed by atoms with Crippen molar-refractivity contribution in [2.45, 2.75) is 10.6 Å². The zero-order valence-electron chi connectivity index (χ0n) is 9.70. The molecule has 2 aromatic carbocycles. The first-order valence-electron chi connectivity index (χ1n) is 5.34. The molecule has 1 atom stereocenters. The van der Waals surface area contributed by atoms with Crippen LogP contribution in [0.4, 0.5) is 14.5 Å². The van der Waals surface area contributed by atoms with Crippen molar-refractivity contribution in [1.29, 1.82) is 0 Å². The van der Waals surface area contributed by atoms with Crippen LogP contribution >= 0.6 is 11.6 Å². The molecule has 0 aliphatic rings. The average molecular weight is 302 g/mol. The van der Waals surface area contributed by atoms with Gasteiger partial charge < -0.3 is 5.73 Å². The van der Waals surface area contributed by atoms with Crippen LogP contribution in [0, 0.1) is 11.6 Å². The van der Waals surface area contributed by atoms with E-state index in [1.165, 1.54) is 24.3 Å². The maximum absolute atomic E-state index is 13.6.